The molecule has 1 spiro atoms. The zero-order chi connectivity index (χ0) is 36.7. The SMILES string of the molecule is CN(C)CC(=O)N1CCC2(CC1)COc1ccc(N(C)c3ccccc3)cc1S(=O)(=O)N(C)C2.O=C(O)C(F)(F)F.O=C(O)C(F)(F)F. The van der Waals surface area contributed by atoms with Crippen LogP contribution in [-0.4, -0.2) is 124 Å². The maximum Gasteiger partial charge on any atom is 0.490 e. The van der Waals surface area contributed by atoms with Crippen LogP contribution < -0.4 is 9.64 Å². The number of carbonyl (C=O) groups excluding carboxylic acids is 1. The minimum Gasteiger partial charge on any atom is -0.492 e. The van der Waals surface area contributed by atoms with E-state index in [1.54, 1.807) is 19.2 Å². The van der Waals surface area contributed by atoms with Gasteiger partial charge in [-0.05, 0) is 57.3 Å². The number of halogens is 6. The van der Waals surface area contributed by atoms with Gasteiger partial charge in [-0.1, -0.05) is 18.2 Å². The van der Waals surface area contributed by atoms with Gasteiger partial charge in [-0.3, -0.25) is 4.79 Å². The summed E-state index contributed by atoms with van der Waals surface area (Å²) in [7, 11) is 3.57. The lowest BCUT2D eigenvalue weighted by atomic mass is 9.79. The third kappa shape index (κ3) is 11.0. The number of fused-ring (bicyclic) bond motifs is 1. The maximum absolute atomic E-state index is 13.6. The van der Waals surface area contributed by atoms with E-state index in [0.29, 0.717) is 51.4 Å². The molecule has 1 fully saturated rings. The monoisotopic (exact) mass is 714 g/mol. The molecule has 0 bridgehead atoms. The molecule has 0 radical (unpaired) electrons. The standard InChI is InChI=1S/C25H34N4O4S.2C2HF3O2/c1-26(2)17-24(30)29-14-12-25(13-15-29)18-27(3)34(31,32)23-16-21(10-11-22(23)33-19-25)28(4)20-8-6-5-7-9-20;2*3-2(4,5)1(6)7/h5-11,16H,12-15,17-19H2,1-4H3;2*(H,6,7). The molecule has 0 aliphatic carbocycles. The van der Waals surface area contributed by atoms with Crippen LogP contribution in [0.1, 0.15) is 12.8 Å². The molecule has 0 atom stereocenters. The van der Waals surface area contributed by atoms with Crippen LogP contribution in [0.5, 0.6) is 5.75 Å². The summed E-state index contributed by atoms with van der Waals surface area (Å²) in [5, 5.41) is 14.2. The van der Waals surface area contributed by atoms with Gasteiger partial charge in [0.15, 0.2) is 0 Å². The van der Waals surface area contributed by atoms with Gasteiger partial charge < -0.3 is 29.6 Å². The number of ether oxygens (including phenoxy) is 1. The number of anilines is 2. The van der Waals surface area contributed by atoms with Crippen LogP contribution in [0.25, 0.3) is 0 Å². The lowest BCUT2D eigenvalue weighted by molar-refractivity contribution is -0.193. The van der Waals surface area contributed by atoms with Crippen molar-refractivity contribution < 1.29 is 64.1 Å². The van der Waals surface area contributed by atoms with E-state index in [0.717, 1.165) is 11.4 Å². The van der Waals surface area contributed by atoms with Crippen LogP contribution in [0.3, 0.4) is 0 Å². The molecule has 1 saturated heterocycles. The lowest BCUT2D eigenvalue weighted by Crippen LogP contribution is -2.52. The molecule has 48 heavy (non-hydrogen) atoms. The van der Waals surface area contributed by atoms with E-state index in [4.69, 9.17) is 24.5 Å². The Balaban J connectivity index is 0.000000479. The minimum atomic E-state index is -5.08. The Kier molecular flexibility index (Phi) is 13.2. The van der Waals surface area contributed by atoms with Crippen molar-refractivity contribution in [3.8, 4) is 5.75 Å². The molecular formula is C29H36F6N4O8S. The van der Waals surface area contributed by atoms with Crippen LogP contribution in [0.4, 0.5) is 37.7 Å². The number of carboxylic acids is 2. The smallest absolute Gasteiger partial charge is 0.490 e. The molecule has 2 N–H and O–H groups in total. The minimum absolute atomic E-state index is 0.105. The highest BCUT2D eigenvalue weighted by Crippen LogP contribution is 2.40. The number of piperidine rings is 1. The van der Waals surface area contributed by atoms with Crippen LogP contribution >= 0.6 is 0 Å². The fourth-order valence-corrected chi connectivity index (χ4v) is 6.16. The normalized spacial score (nSPS) is 17.3. The van der Waals surface area contributed by atoms with Crippen LogP contribution in [0.15, 0.2) is 53.4 Å². The summed E-state index contributed by atoms with van der Waals surface area (Å²) in [5.41, 5.74) is 1.41. The topological polar surface area (TPSA) is 148 Å². The molecular weight excluding hydrogens is 678 g/mol. The third-order valence-electron chi connectivity index (χ3n) is 7.35. The van der Waals surface area contributed by atoms with Gasteiger partial charge in [0.25, 0.3) is 0 Å². The van der Waals surface area contributed by atoms with Crippen molar-refractivity contribution in [1.29, 1.82) is 0 Å². The van der Waals surface area contributed by atoms with E-state index in [1.165, 1.54) is 4.31 Å². The number of likely N-dealkylation sites (N-methyl/N-ethyl adjacent to an activating group) is 1. The van der Waals surface area contributed by atoms with Crippen LogP contribution in [-0.2, 0) is 24.4 Å². The Morgan fingerprint density at radius 1 is 0.875 bits per heavy atom. The van der Waals surface area contributed by atoms with Crippen molar-refractivity contribution in [1.82, 2.24) is 14.1 Å². The molecule has 2 aliphatic rings. The molecule has 268 valence electrons. The molecule has 2 heterocycles. The van der Waals surface area contributed by atoms with E-state index >= 15 is 0 Å². The first kappa shape index (κ1) is 40.1. The van der Waals surface area contributed by atoms with Crippen LogP contribution in [0.2, 0.25) is 0 Å². The Morgan fingerprint density at radius 2 is 1.38 bits per heavy atom. The summed E-state index contributed by atoms with van der Waals surface area (Å²) >= 11 is 0. The van der Waals surface area contributed by atoms with Crippen molar-refractivity contribution in [3.63, 3.8) is 0 Å². The average Bonchev–Trinajstić information content (AvgIpc) is 2.99. The molecule has 0 saturated carbocycles. The summed E-state index contributed by atoms with van der Waals surface area (Å²) < 4.78 is 98.2. The molecule has 2 aromatic carbocycles. The predicted molar refractivity (Wildman–Crippen MR) is 160 cm³/mol. The number of rotatable bonds is 4. The van der Waals surface area contributed by atoms with Crippen molar-refractivity contribution in [2.75, 3.05) is 65.9 Å². The fourth-order valence-electron chi connectivity index (χ4n) is 4.73. The van der Waals surface area contributed by atoms with Crippen molar-refractivity contribution in [2.24, 2.45) is 5.41 Å². The molecule has 4 rings (SSSR count). The van der Waals surface area contributed by atoms with Crippen molar-refractivity contribution in [3.05, 3.63) is 48.5 Å². The van der Waals surface area contributed by atoms with Crippen molar-refractivity contribution >= 4 is 39.2 Å². The second-order valence-corrected chi connectivity index (χ2v) is 13.3. The van der Waals surface area contributed by atoms with Crippen molar-refractivity contribution in [2.45, 2.75) is 30.1 Å². The Hall–Kier alpha value is -4.10. The fraction of sp³-hybridized carbons (Fsp3) is 0.483. The highest BCUT2D eigenvalue weighted by molar-refractivity contribution is 7.89. The number of para-hydroxylation sites is 1. The molecule has 12 nitrogen and oxygen atoms in total. The predicted octanol–water partition coefficient (Wildman–Crippen LogP) is 3.90. The highest BCUT2D eigenvalue weighted by Gasteiger charge is 2.43. The number of aliphatic carboxylic acids is 2. The summed E-state index contributed by atoms with van der Waals surface area (Å²) in [6, 6.07) is 15.1. The Bertz CT molecular complexity index is 1510. The Labute approximate surface area is 273 Å². The number of likely N-dealkylation sites (tertiary alicyclic amines) is 1. The van der Waals surface area contributed by atoms with Gasteiger partial charge in [0, 0.05) is 50.5 Å². The molecule has 0 unspecified atom stereocenters. The van der Waals surface area contributed by atoms with Gasteiger partial charge in [0.1, 0.15) is 10.6 Å². The number of nitrogens with zero attached hydrogens (tertiary/aromatic N) is 4. The van der Waals surface area contributed by atoms with Crippen LogP contribution in [0, 0.1) is 5.41 Å². The molecule has 0 aromatic heterocycles. The maximum atomic E-state index is 13.6. The number of hydrogen-bond acceptors (Lipinski definition) is 8. The number of sulfonamides is 1. The van der Waals surface area contributed by atoms with Gasteiger partial charge in [-0.2, -0.15) is 26.3 Å². The van der Waals surface area contributed by atoms with Gasteiger partial charge in [0.05, 0.1) is 13.2 Å². The number of carboxylic acid groups (broad SMARTS) is 2. The van der Waals surface area contributed by atoms with Gasteiger partial charge in [-0.25, -0.2) is 22.3 Å². The first-order valence-electron chi connectivity index (χ1n) is 14.0. The second-order valence-electron chi connectivity index (χ2n) is 11.3. The largest absolute Gasteiger partial charge is 0.492 e. The van der Waals surface area contributed by atoms with Gasteiger partial charge >= 0.3 is 24.3 Å². The first-order valence-corrected chi connectivity index (χ1v) is 15.5. The summed E-state index contributed by atoms with van der Waals surface area (Å²) in [5.74, 6) is -5.03. The Morgan fingerprint density at radius 3 is 1.83 bits per heavy atom. The third-order valence-corrected chi connectivity index (χ3v) is 9.18. The van der Waals surface area contributed by atoms with Gasteiger partial charge in [-0.15, -0.1) is 0 Å². The molecule has 2 aliphatic heterocycles. The van der Waals surface area contributed by atoms with E-state index < -0.39 is 34.3 Å². The summed E-state index contributed by atoms with van der Waals surface area (Å²) in [6.07, 6.45) is -8.76. The molecule has 19 heteroatoms. The number of alkyl halides is 6. The van der Waals surface area contributed by atoms with E-state index in [1.807, 2.05) is 72.2 Å². The molecule has 2 aromatic rings. The quantitative estimate of drug-likeness (QED) is 0.447. The summed E-state index contributed by atoms with van der Waals surface area (Å²) in [4.78, 5) is 36.1. The van der Waals surface area contributed by atoms with E-state index in [2.05, 4.69) is 0 Å². The zero-order valence-electron chi connectivity index (χ0n) is 26.4. The summed E-state index contributed by atoms with van der Waals surface area (Å²) in [6.45, 7) is 2.38. The van der Waals surface area contributed by atoms with Gasteiger partial charge in [0.2, 0.25) is 15.9 Å². The highest BCUT2D eigenvalue weighted by atomic mass is 32.2. The zero-order valence-corrected chi connectivity index (χ0v) is 27.2. The number of benzene rings is 2. The van der Waals surface area contributed by atoms with E-state index in [-0.39, 0.29) is 16.2 Å². The number of hydrogen-bond donors (Lipinski definition) is 2. The average molecular weight is 715 g/mol. The molecule has 1 amide bonds. The lowest BCUT2D eigenvalue weighted by Gasteiger charge is -2.44. The number of amides is 1. The second kappa shape index (κ2) is 15.9. The van der Waals surface area contributed by atoms with E-state index in [9.17, 15) is 39.6 Å². The number of carbonyl (C=O) groups is 3. The first-order chi connectivity index (χ1) is 22.0.